The van der Waals surface area contributed by atoms with E-state index in [1.807, 2.05) is 0 Å². The van der Waals surface area contributed by atoms with E-state index in [-0.39, 0.29) is 31.3 Å². The van der Waals surface area contributed by atoms with Gasteiger partial charge < -0.3 is 15.2 Å². The number of hydrogen-bond donors (Lipinski definition) is 2. The van der Waals surface area contributed by atoms with Gasteiger partial charge in [0.1, 0.15) is 6.04 Å². The second-order valence-electron chi connectivity index (χ2n) is 5.43. The van der Waals surface area contributed by atoms with E-state index >= 15 is 0 Å². The number of carboxylic acid groups (broad SMARTS) is 1. The van der Waals surface area contributed by atoms with Crippen LogP contribution in [0.5, 0.6) is 0 Å². The molecule has 0 aromatic rings. The molecule has 0 unspecified atom stereocenters. The van der Waals surface area contributed by atoms with Gasteiger partial charge in [-0.05, 0) is 26.2 Å². The molecule has 1 amide bonds. The summed E-state index contributed by atoms with van der Waals surface area (Å²) in [5, 5.41) is 11.7. The van der Waals surface area contributed by atoms with E-state index in [1.165, 1.54) is 0 Å². The second-order valence-corrected chi connectivity index (χ2v) is 5.43. The molecule has 6 nitrogen and oxygen atoms in total. The van der Waals surface area contributed by atoms with Crippen LogP contribution in [0.2, 0.25) is 0 Å². The molecule has 0 aromatic heterocycles. The molecule has 0 aromatic carbocycles. The molecule has 1 atom stereocenters. The van der Waals surface area contributed by atoms with Gasteiger partial charge in [0, 0.05) is 12.3 Å². The second kappa shape index (κ2) is 9.37. The monoisotopic (exact) mass is 299 g/mol. The Morgan fingerprint density at radius 1 is 1.19 bits per heavy atom. The molecular weight excluding hydrogens is 274 g/mol. The lowest BCUT2D eigenvalue weighted by atomic mass is 9.98. The van der Waals surface area contributed by atoms with E-state index in [1.54, 1.807) is 6.92 Å². The number of hydrogen-bond acceptors (Lipinski definition) is 4. The highest BCUT2D eigenvalue weighted by atomic mass is 16.5. The van der Waals surface area contributed by atoms with Crippen LogP contribution in [-0.2, 0) is 19.1 Å². The van der Waals surface area contributed by atoms with Crippen LogP contribution < -0.4 is 5.32 Å². The maximum atomic E-state index is 12.1. The number of esters is 1. The zero-order valence-corrected chi connectivity index (χ0v) is 12.6. The van der Waals surface area contributed by atoms with E-state index in [4.69, 9.17) is 9.84 Å². The Morgan fingerprint density at radius 2 is 1.81 bits per heavy atom. The summed E-state index contributed by atoms with van der Waals surface area (Å²) in [6.07, 6.45) is 5.98. The molecule has 0 heterocycles. The predicted molar refractivity (Wildman–Crippen MR) is 76.6 cm³/mol. The van der Waals surface area contributed by atoms with Crippen LogP contribution in [0.25, 0.3) is 0 Å². The normalized spacial score (nSPS) is 17.6. The predicted octanol–water partition coefficient (Wildman–Crippen LogP) is 1.87. The number of rotatable bonds is 7. The summed E-state index contributed by atoms with van der Waals surface area (Å²) in [4.78, 5) is 34.6. The van der Waals surface area contributed by atoms with Gasteiger partial charge >= 0.3 is 11.9 Å². The zero-order chi connectivity index (χ0) is 15.7. The van der Waals surface area contributed by atoms with Gasteiger partial charge in [-0.25, -0.2) is 4.79 Å². The number of nitrogens with one attached hydrogen (secondary N) is 1. The van der Waals surface area contributed by atoms with Crippen molar-refractivity contribution in [3.63, 3.8) is 0 Å². The van der Waals surface area contributed by atoms with Crippen molar-refractivity contribution in [2.45, 2.75) is 64.3 Å². The van der Waals surface area contributed by atoms with Crippen molar-refractivity contribution >= 4 is 17.8 Å². The molecule has 6 heteroatoms. The minimum atomic E-state index is -1.11. The molecule has 0 radical (unpaired) electrons. The minimum absolute atomic E-state index is 0.00421. The minimum Gasteiger partial charge on any atom is -0.480 e. The molecule has 1 aliphatic carbocycles. The fraction of sp³-hybridized carbons (Fsp3) is 0.800. The van der Waals surface area contributed by atoms with Gasteiger partial charge in [0.2, 0.25) is 5.91 Å². The maximum absolute atomic E-state index is 12.1. The van der Waals surface area contributed by atoms with Crippen molar-refractivity contribution in [3.8, 4) is 0 Å². The Balaban J connectivity index is 2.46. The average molecular weight is 299 g/mol. The smallest absolute Gasteiger partial charge is 0.326 e. The van der Waals surface area contributed by atoms with E-state index in [0.29, 0.717) is 0 Å². The van der Waals surface area contributed by atoms with Crippen molar-refractivity contribution in [1.29, 1.82) is 0 Å². The average Bonchev–Trinajstić information content (AvgIpc) is 2.72. The van der Waals surface area contributed by atoms with E-state index < -0.39 is 18.0 Å². The molecule has 0 saturated heterocycles. The van der Waals surface area contributed by atoms with Gasteiger partial charge in [0.15, 0.2) is 0 Å². The summed E-state index contributed by atoms with van der Waals surface area (Å²) in [6, 6.07) is -1.02. The lowest BCUT2D eigenvalue weighted by Crippen LogP contribution is -2.43. The van der Waals surface area contributed by atoms with Crippen LogP contribution in [0.15, 0.2) is 0 Å². The summed E-state index contributed by atoms with van der Waals surface area (Å²) in [7, 11) is 0. The first-order chi connectivity index (χ1) is 10.0. The lowest BCUT2D eigenvalue weighted by Gasteiger charge is -2.19. The highest BCUT2D eigenvalue weighted by molar-refractivity contribution is 5.85. The summed E-state index contributed by atoms with van der Waals surface area (Å²) in [6.45, 7) is 1.96. The first-order valence-electron chi connectivity index (χ1n) is 7.73. The Labute approximate surface area is 125 Å². The van der Waals surface area contributed by atoms with Crippen LogP contribution in [0.3, 0.4) is 0 Å². The SMILES string of the molecule is CCOC(=O)CC[C@H](NC(=O)C1CCCCCC1)C(=O)O. The van der Waals surface area contributed by atoms with Crippen LogP contribution in [0.1, 0.15) is 58.3 Å². The lowest BCUT2D eigenvalue weighted by molar-refractivity contribution is -0.145. The third kappa shape index (κ3) is 6.60. The maximum Gasteiger partial charge on any atom is 0.326 e. The Morgan fingerprint density at radius 3 is 2.33 bits per heavy atom. The molecule has 1 fully saturated rings. The molecule has 1 rings (SSSR count). The molecular formula is C15H25NO5. The molecule has 1 aliphatic rings. The first-order valence-corrected chi connectivity index (χ1v) is 7.73. The zero-order valence-electron chi connectivity index (χ0n) is 12.6. The molecule has 21 heavy (non-hydrogen) atoms. The summed E-state index contributed by atoms with van der Waals surface area (Å²) < 4.78 is 4.77. The number of carbonyl (C=O) groups is 3. The van der Waals surface area contributed by atoms with Crippen LogP contribution in [-0.4, -0.2) is 35.6 Å². The number of carboxylic acids is 1. The highest BCUT2D eigenvalue weighted by Gasteiger charge is 2.26. The fourth-order valence-corrected chi connectivity index (χ4v) is 2.58. The Hall–Kier alpha value is -1.59. The van der Waals surface area contributed by atoms with Crippen molar-refractivity contribution in [1.82, 2.24) is 5.32 Å². The molecule has 0 bridgehead atoms. The van der Waals surface area contributed by atoms with Crippen LogP contribution in [0.4, 0.5) is 0 Å². The van der Waals surface area contributed by atoms with Gasteiger partial charge in [-0.1, -0.05) is 25.7 Å². The summed E-state index contributed by atoms with van der Waals surface area (Å²) >= 11 is 0. The molecule has 0 spiro atoms. The highest BCUT2D eigenvalue weighted by Crippen LogP contribution is 2.23. The number of amides is 1. The van der Waals surface area contributed by atoms with Gasteiger partial charge in [0.05, 0.1) is 6.61 Å². The van der Waals surface area contributed by atoms with Crippen LogP contribution >= 0.6 is 0 Å². The molecule has 0 aliphatic heterocycles. The summed E-state index contributed by atoms with van der Waals surface area (Å²) in [5.74, 6) is -1.85. The van der Waals surface area contributed by atoms with Gasteiger partial charge in [-0.3, -0.25) is 9.59 Å². The van der Waals surface area contributed by atoms with Crippen molar-refractivity contribution < 1.29 is 24.2 Å². The third-order valence-electron chi connectivity index (χ3n) is 3.78. The molecule has 2 N–H and O–H groups in total. The number of ether oxygens (including phenoxy) is 1. The summed E-state index contributed by atoms with van der Waals surface area (Å²) in [5.41, 5.74) is 0. The van der Waals surface area contributed by atoms with Crippen molar-refractivity contribution in [2.75, 3.05) is 6.61 Å². The van der Waals surface area contributed by atoms with Crippen molar-refractivity contribution in [2.24, 2.45) is 5.92 Å². The number of aliphatic carboxylic acids is 1. The van der Waals surface area contributed by atoms with E-state index in [2.05, 4.69) is 5.32 Å². The van der Waals surface area contributed by atoms with Crippen LogP contribution in [0, 0.1) is 5.92 Å². The van der Waals surface area contributed by atoms with E-state index in [0.717, 1.165) is 38.5 Å². The number of carbonyl (C=O) groups excluding carboxylic acids is 2. The molecule has 1 saturated carbocycles. The van der Waals surface area contributed by atoms with E-state index in [9.17, 15) is 14.4 Å². The Bertz CT molecular complexity index is 361. The van der Waals surface area contributed by atoms with Gasteiger partial charge in [-0.15, -0.1) is 0 Å². The molecule has 120 valence electrons. The first kappa shape index (κ1) is 17.5. The largest absolute Gasteiger partial charge is 0.480 e. The quantitative estimate of drug-likeness (QED) is 0.553. The van der Waals surface area contributed by atoms with Gasteiger partial charge in [0.25, 0.3) is 0 Å². The third-order valence-corrected chi connectivity index (χ3v) is 3.78. The van der Waals surface area contributed by atoms with Gasteiger partial charge in [-0.2, -0.15) is 0 Å². The topological polar surface area (TPSA) is 92.7 Å². The van der Waals surface area contributed by atoms with Crippen molar-refractivity contribution in [3.05, 3.63) is 0 Å². The standard InChI is InChI=1S/C15H25NO5/c1-2-21-13(17)10-9-12(15(19)20)16-14(18)11-7-5-3-4-6-8-11/h11-12H,2-10H2,1H3,(H,16,18)(H,19,20)/t12-/m0/s1. The Kier molecular flexibility index (Phi) is 7.79. The fourth-order valence-electron chi connectivity index (χ4n) is 2.58.